The van der Waals surface area contributed by atoms with Crippen LogP contribution in [0, 0.1) is 0 Å². The second-order valence-electron chi connectivity index (χ2n) is 5.37. The molecule has 1 amide bonds. The molecule has 120 valence electrons. The second kappa shape index (κ2) is 5.57. The van der Waals surface area contributed by atoms with E-state index in [9.17, 15) is 4.79 Å². The first-order valence-corrected chi connectivity index (χ1v) is 8.22. The number of rotatable bonds is 3. The van der Waals surface area contributed by atoms with Crippen LogP contribution in [0.4, 0.5) is 5.95 Å². The smallest absolute Gasteiger partial charge is 0.248 e. The lowest BCUT2D eigenvalue weighted by Crippen LogP contribution is -2.32. The van der Waals surface area contributed by atoms with Crippen molar-refractivity contribution in [1.82, 2.24) is 19.7 Å². The third-order valence-corrected chi connectivity index (χ3v) is 4.69. The topological polar surface area (TPSA) is 98.7 Å². The van der Waals surface area contributed by atoms with Gasteiger partial charge in [0, 0.05) is 11.9 Å². The Hall–Kier alpha value is -3.00. The van der Waals surface area contributed by atoms with Gasteiger partial charge < -0.3 is 11.1 Å². The molecule has 1 aliphatic rings. The third kappa shape index (κ3) is 2.28. The van der Waals surface area contributed by atoms with Crippen LogP contribution in [-0.2, 0) is 4.79 Å². The van der Waals surface area contributed by atoms with Crippen molar-refractivity contribution in [2.24, 2.45) is 5.73 Å². The summed E-state index contributed by atoms with van der Waals surface area (Å²) in [7, 11) is 0. The quantitative estimate of drug-likeness (QED) is 0.762. The number of hydrogen-bond acceptors (Lipinski definition) is 6. The molecule has 1 aliphatic heterocycles. The number of carbonyl (C=O) groups is 1. The van der Waals surface area contributed by atoms with Gasteiger partial charge in [0.05, 0.1) is 16.1 Å². The van der Waals surface area contributed by atoms with Gasteiger partial charge in [0.25, 0.3) is 0 Å². The molecule has 0 spiro atoms. The fourth-order valence-electron chi connectivity index (χ4n) is 2.79. The molecule has 24 heavy (non-hydrogen) atoms. The summed E-state index contributed by atoms with van der Waals surface area (Å²) >= 11 is 1.56. The number of anilines is 1. The van der Waals surface area contributed by atoms with Gasteiger partial charge in [-0.2, -0.15) is 4.98 Å². The van der Waals surface area contributed by atoms with Gasteiger partial charge in [-0.15, -0.1) is 16.4 Å². The second-order valence-corrected chi connectivity index (χ2v) is 6.31. The zero-order valence-electron chi connectivity index (χ0n) is 12.8. The number of allylic oxidation sites excluding steroid dienone is 1. The minimum Gasteiger partial charge on any atom is -0.366 e. The van der Waals surface area contributed by atoms with E-state index in [2.05, 4.69) is 20.4 Å². The van der Waals surface area contributed by atoms with Gasteiger partial charge in [-0.05, 0) is 30.5 Å². The molecular formula is C16H14N6OS. The Morgan fingerprint density at radius 3 is 2.88 bits per heavy atom. The van der Waals surface area contributed by atoms with Crippen LogP contribution in [0.2, 0.25) is 0 Å². The molecule has 0 saturated carbocycles. The van der Waals surface area contributed by atoms with Gasteiger partial charge in [-0.1, -0.05) is 12.1 Å². The Kier molecular flexibility index (Phi) is 3.39. The van der Waals surface area contributed by atoms with Crippen molar-refractivity contribution >= 4 is 23.2 Å². The molecule has 3 aromatic rings. The number of primary amides is 1. The highest BCUT2D eigenvalue weighted by molar-refractivity contribution is 7.13. The number of nitrogens with two attached hydrogens (primary N) is 1. The maximum atomic E-state index is 12.0. The van der Waals surface area contributed by atoms with Crippen molar-refractivity contribution in [3.63, 3.8) is 0 Å². The van der Waals surface area contributed by atoms with Crippen LogP contribution in [-0.4, -0.2) is 25.7 Å². The van der Waals surface area contributed by atoms with Crippen molar-refractivity contribution in [2.75, 3.05) is 5.32 Å². The molecule has 0 aromatic carbocycles. The molecule has 3 aromatic heterocycles. The Morgan fingerprint density at radius 2 is 2.21 bits per heavy atom. The van der Waals surface area contributed by atoms with Crippen LogP contribution < -0.4 is 11.1 Å². The van der Waals surface area contributed by atoms with E-state index in [0.29, 0.717) is 28.7 Å². The summed E-state index contributed by atoms with van der Waals surface area (Å²) in [4.78, 5) is 21.9. The number of nitrogens with one attached hydrogen (secondary N) is 1. The van der Waals surface area contributed by atoms with Crippen molar-refractivity contribution in [3.8, 4) is 10.7 Å². The SMILES string of the molecule is CC1=C(C(N)=O)C(c2ccccn2)n2nc(-c3cccs3)nc2N1. The summed E-state index contributed by atoms with van der Waals surface area (Å²) in [6, 6.07) is 8.95. The molecule has 0 saturated heterocycles. The van der Waals surface area contributed by atoms with Crippen LogP contribution in [0.25, 0.3) is 10.7 Å². The maximum absolute atomic E-state index is 12.0. The Balaban J connectivity index is 1.90. The summed E-state index contributed by atoms with van der Waals surface area (Å²) in [5.74, 6) is 0.665. The van der Waals surface area contributed by atoms with E-state index in [-0.39, 0.29) is 0 Å². The van der Waals surface area contributed by atoms with Gasteiger partial charge in [0.2, 0.25) is 11.9 Å². The summed E-state index contributed by atoms with van der Waals surface area (Å²) in [5, 5.41) is 9.68. The average molecular weight is 338 g/mol. The number of hydrogen-bond donors (Lipinski definition) is 2. The lowest BCUT2D eigenvalue weighted by Gasteiger charge is -2.26. The van der Waals surface area contributed by atoms with Crippen LogP contribution in [0.3, 0.4) is 0 Å². The van der Waals surface area contributed by atoms with E-state index in [1.54, 1.807) is 29.1 Å². The van der Waals surface area contributed by atoms with E-state index in [1.165, 1.54) is 0 Å². The van der Waals surface area contributed by atoms with Gasteiger partial charge in [0.15, 0.2) is 5.82 Å². The molecule has 7 nitrogen and oxygen atoms in total. The van der Waals surface area contributed by atoms with Gasteiger partial charge >= 0.3 is 0 Å². The molecular weight excluding hydrogens is 324 g/mol. The molecule has 8 heteroatoms. The molecule has 1 unspecified atom stereocenters. The first kappa shape index (κ1) is 14.6. The highest BCUT2D eigenvalue weighted by Crippen LogP contribution is 2.35. The van der Waals surface area contributed by atoms with Crippen molar-refractivity contribution in [1.29, 1.82) is 0 Å². The highest BCUT2D eigenvalue weighted by atomic mass is 32.1. The van der Waals surface area contributed by atoms with E-state index < -0.39 is 11.9 Å². The largest absolute Gasteiger partial charge is 0.366 e. The van der Waals surface area contributed by atoms with Gasteiger partial charge in [-0.25, -0.2) is 4.68 Å². The zero-order chi connectivity index (χ0) is 16.7. The van der Waals surface area contributed by atoms with Gasteiger partial charge in [-0.3, -0.25) is 9.78 Å². The molecule has 1 atom stereocenters. The fraction of sp³-hybridized carbons (Fsp3) is 0.125. The van der Waals surface area contributed by atoms with E-state index in [4.69, 9.17) is 5.73 Å². The molecule has 0 bridgehead atoms. The number of carbonyl (C=O) groups excluding carboxylic acids is 1. The van der Waals surface area contributed by atoms with Crippen LogP contribution in [0.1, 0.15) is 18.7 Å². The number of fused-ring (bicyclic) bond motifs is 1. The summed E-state index contributed by atoms with van der Waals surface area (Å²) in [6.45, 7) is 1.80. The molecule has 0 radical (unpaired) electrons. The Morgan fingerprint density at radius 1 is 1.33 bits per heavy atom. The van der Waals surface area contributed by atoms with E-state index in [0.717, 1.165) is 4.88 Å². The van der Waals surface area contributed by atoms with E-state index >= 15 is 0 Å². The number of pyridine rings is 1. The molecule has 3 N–H and O–H groups in total. The molecule has 4 rings (SSSR count). The normalized spacial score (nSPS) is 16.6. The highest BCUT2D eigenvalue weighted by Gasteiger charge is 2.34. The minimum atomic E-state index is -0.505. The lowest BCUT2D eigenvalue weighted by molar-refractivity contribution is -0.115. The van der Waals surface area contributed by atoms with Crippen LogP contribution in [0.5, 0.6) is 0 Å². The lowest BCUT2D eigenvalue weighted by atomic mass is 9.99. The summed E-state index contributed by atoms with van der Waals surface area (Å²) in [6.07, 6.45) is 1.68. The molecule has 0 fully saturated rings. The molecule has 4 heterocycles. The van der Waals surface area contributed by atoms with Crippen LogP contribution in [0.15, 0.2) is 53.2 Å². The predicted octanol–water partition coefficient (Wildman–Crippen LogP) is 2.18. The summed E-state index contributed by atoms with van der Waals surface area (Å²) in [5.41, 5.74) is 7.41. The number of thiophene rings is 1. The summed E-state index contributed by atoms with van der Waals surface area (Å²) < 4.78 is 1.67. The first-order chi connectivity index (χ1) is 11.6. The molecule has 0 aliphatic carbocycles. The standard InChI is InChI=1S/C16H14N6OS/c1-9-12(14(17)23)13(10-5-2-3-7-18-10)22-16(19-9)20-15(21-22)11-6-4-8-24-11/h2-8,13H,1H3,(H2,17,23)(H,19,20,21). The van der Waals surface area contributed by atoms with E-state index in [1.807, 2.05) is 35.7 Å². The van der Waals surface area contributed by atoms with Crippen molar-refractivity contribution in [3.05, 3.63) is 58.9 Å². The van der Waals surface area contributed by atoms with Gasteiger partial charge in [0.1, 0.15) is 6.04 Å². The minimum absolute atomic E-state index is 0.434. The number of aromatic nitrogens is 4. The zero-order valence-corrected chi connectivity index (χ0v) is 13.6. The third-order valence-electron chi connectivity index (χ3n) is 3.83. The Bertz CT molecular complexity index is 929. The first-order valence-electron chi connectivity index (χ1n) is 7.34. The van der Waals surface area contributed by atoms with Crippen molar-refractivity contribution < 1.29 is 4.79 Å². The predicted molar refractivity (Wildman–Crippen MR) is 91.2 cm³/mol. The fourth-order valence-corrected chi connectivity index (χ4v) is 3.44. The van der Waals surface area contributed by atoms with Crippen molar-refractivity contribution in [2.45, 2.75) is 13.0 Å². The average Bonchev–Trinajstić information content (AvgIpc) is 3.23. The number of nitrogens with zero attached hydrogens (tertiary/aromatic N) is 4. The maximum Gasteiger partial charge on any atom is 0.248 e. The number of amides is 1. The van der Waals surface area contributed by atoms with Crippen LogP contribution >= 0.6 is 11.3 Å². The Labute approximate surface area is 141 Å². The monoisotopic (exact) mass is 338 g/mol.